The molecule has 1 unspecified atom stereocenters. The van der Waals surface area contributed by atoms with Gasteiger partial charge >= 0.3 is 0 Å². The van der Waals surface area contributed by atoms with Crippen LogP contribution in [0.2, 0.25) is 0 Å². The van der Waals surface area contributed by atoms with Crippen molar-refractivity contribution in [2.45, 2.75) is 38.4 Å². The van der Waals surface area contributed by atoms with Crippen molar-refractivity contribution < 1.29 is 14.3 Å². The van der Waals surface area contributed by atoms with E-state index in [1.54, 1.807) is 23.6 Å². The molecule has 2 aromatic carbocycles. The molecule has 2 heterocycles. The van der Waals surface area contributed by atoms with E-state index in [-0.39, 0.29) is 5.91 Å². The fourth-order valence-corrected chi connectivity index (χ4v) is 4.38. The first-order valence-corrected chi connectivity index (χ1v) is 12.3. The van der Waals surface area contributed by atoms with Crippen molar-refractivity contribution in [3.05, 3.63) is 65.4 Å². The minimum Gasteiger partial charge on any atom is -0.493 e. The van der Waals surface area contributed by atoms with E-state index in [9.17, 15) is 4.79 Å². The number of aromatic nitrogens is 3. The van der Waals surface area contributed by atoms with Crippen molar-refractivity contribution in [3.63, 3.8) is 0 Å². The van der Waals surface area contributed by atoms with Gasteiger partial charge in [0.15, 0.2) is 11.5 Å². The second-order valence-electron chi connectivity index (χ2n) is 7.74. The van der Waals surface area contributed by atoms with Crippen LogP contribution < -0.4 is 20.1 Å². The molecular weight excluding hydrogens is 450 g/mol. The summed E-state index contributed by atoms with van der Waals surface area (Å²) < 4.78 is 13.2. The lowest BCUT2D eigenvalue weighted by atomic mass is 9.94. The molecule has 1 aliphatic rings. The summed E-state index contributed by atoms with van der Waals surface area (Å²) in [7, 11) is 1.61. The number of hydrogen-bond donors (Lipinski definition) is 2. The molecule has 1 aliphatic heterocycles. The number of allylic oxidation sites excluding steroid dienone is 1. The van der Waals surface area contributed by atoms with Crippen LogP contribution in [0.3, 0.4) is 0 Å². The summed E-state index contributed by atoms with van der Waals surface area (Å²) in [6.07, 6.45) is 0.894. The number of carbonyl (C=O) groups is 1. The minimum atomic E-state index is -0.493. The number of fused-ring (bicyclic) bond motifs is 1. The monoisotopic (exact) mass is 479 g/mol. The van der Waals surface area contributed by atoms with Gasteiger partial charge in [0.25, 0.3) is 5.91 Å². The number of nitrogens with one attached hydrogen (secondary N) is 2. The summed E-state index contributed by atoms with van der Waals surface area (Å²) >= 11 is 1.55. The van der Waals surface area contributed by atoms with Crippen LogP contribution >= 0.6 is 11.8 Å². The number of carbonyl (C=O) groups excluding carboxylic acids is 1. The van der Waals surface area contributed by atoms with Crippen LogP contribution in [0.1, 0.15) is 38.8 Å². The number of benzene rings is 2. The maximum Gasteiger partial charge on any atom is 0.255 e. The zero-order chi connectivity index (χ0) is 24.1. The topological polar surface area (TPSA) is 90.3 Å². The standard InChI is InChI=1S/C25H29N5O3S/c1-5-14-33-19-13-12-17(15-20(19)32-4)22-21(23(31)27-18-10-8-7-9-11-18)16(3)26-24-28-25(34-6-2)29-30(22)24/h7-13,15,22H,5-6,14H2,1-4H3,(H,27,31)(H,26,28,29). The molecule has 8 nitrogen and oxygen atoms in total. The molecule has 4 rings (SSSR count). The second-order valence-corrected chi connectivity index (χ2v) is 8.97. The Morgan fingerprint density at radius 1 is 1.18 bits per heavy atom. The van der Waals surface area contributed by atoms with Gasteiger partial charge in [0.2, 0.25) is 11.1 Å². The highest BCUT2D eigenvalue weighted by molar-refractivity contribution is 7.99. The van der Waals surface area contributed by atoms with Crippen molar-refractivity contribution in [1.82, 2.24) is 14.8 Å². The van der Waals surface area contributed by atoms with Gasteiger partial charge < -0.3 is 20.1 Å². The van der Waals surface area contributed by atoms with Crippen LogP contribution in [0.4, 0.5) is 11.6 Å². The van der Waals surface area contributed by atoms with Crippen molar-refractivity contribution in [2.24, 2.45) is 0 Å². The zero-order valence-corrected chi connectivity index (χ0v) is 20.6. The number of ether oxygens (including phenoxy) is 2. The van der Waals surface area contributed by atoms with Gasteiger partial charge in [-0.1, -0.05) is 49.9 Å². The summed E-state index contributed by atoms with van der Waals surface area (Å²) in [4.78, 5) is 18.2. The first-order valence-electron chi connectivity index (χ1n) is 11.3. The Bertz CT molecular complexity index is 1190. The van der Waals surface area contributed by atoms with Crippen LogP contribution in [0.5, 0.6) is 11.5 Å². The molecule has 1 amide bonds. The number of thioether (sulfide) groups is 1. The molecule has 9 heteroatoms. The molecule has 0 saturated carbocycles. The number of para-hydroxylation sites is 1. The van der Waals surface area contributed by atoms with Gasteiger partial charge in [-0.3, -0.25) is 4.79 Å². The fraction of sp³-hybridized carbons (Fsp3) is 0.320. The van der Waals surface area contributed by atoms with E-state index in [0.717, 1.165) is 29.1 Å². The predicted octanol–water partition coefficient (Wildman–Crippen LogP) is 5.12. The number of hydrogen-bond acceptors (Lipinski definition) is 7. The first kappa shape index (κ1) is 23.7. The lowest BCUT2D eigenvalue weighted by molar-refractivity contribution is -0.113. The average Bonchev–Trinajstić information content (AvgIpc) is 3.24. The van der Waals surface area contributed by atoms with Crippen LogP contribution in [-0.2, 0) is 4.79 Å². The second kappa shape index (κ2) is 10.6. The largest absolute Gasteiger partial charge is 0.493 e. The van der Waals surface area contributed by atoms with Gasteiger partial charge in [-0.25, -0.2) is 4.68 Å². The average molecular weight is 480 g/mol. The first-order chi connectivity index (χ1) is 16.5. The maximum atomic E-state index is 13.5. The molecule has 34 heavy (non-hydrogen) atoms. The summed E-state index contributed by atoms with van der Waals surface area (Å²) in [6, 6.07) is 14.6. The van der Waals surface area contributed by atoms with Gasteiger partial charge in [0.05, 0.1) is 19.3 Å². The summed E-state index contributed by atoms with van der Waals surface area (Å²) in [5.74, 6) is 2.50. The van der Waals surface area contributed by atoms with E-state index in [1.807, 2.05) is 55.5 Å². The van der Waals surface area contributed by atoms with Crippen molar-refractivity contribution in [1.29, 1.82) is 0 Å². The van der Waals surface area contributed by atoms with E-state index in [1.165, 1.54) is 0 Å². The van der Waals surface area contributed by atoms with E-state index in [4.69, 9.17) is 14.6 Å². The third kappa shape index (κ3) is 4.89. The molecular formula is C25H29N5O3S. The lowest BCUT2D eigenvalue weighted by Crippen LogP contribution is -2.31. The minimum absolute atomic E-state index is 0.211. The molecule has 0 spiro atoms. The Hall–Kier alpha value is -3.46. The summed E-state index contributed by atoms with van der Waals surface area (Å²) in [5.41, 5.74) is 2.84. The van der Waals surface area contributed by atoms with Crippen molar-refractivity contribution in [2.75, 3.05) is 30.1 Å². The fourth-order valence-electron chi connectivity index (χ4n) is 3.83. The molecule has 0 fully saturated rings. The van der Waals surface area contributed by atoms with Gasteiger partial charge in [-0.15, -0.1) is 5.10 Å². The quantitative estimate of drug-likeness (QED) is 0.412. The van der Waals surface area contributed by atoms with E-state index >= 15 is 0 Å². The molecule has 0 saturated heterocycles. The van der Waals surface area contributed by atoms with Gasteiger partial charge in [0.1, 0.15) is 6.04 Å². The number of anilines is 2. The van der Waals surface area contributed by atoms with E-state index in [2.05, 4.69) is 29.5 Å². The number of amides is 1. The molecule has 0 aliphatic carbocycles. The Morgan fingerprint density at radius 3 is 2.68 bits per heavy atom. The molecule has 0 radical (unpaired) electrons. The summed E-state index contributed by atoms with van der Waals surface area (Å²) in [6.45, 7) is 6.59. The van der Waals surface area contributed by atoms with E-state index in [0.29, 0.717) is 34.8 Å². The van der Waals surface area contributed by atoms with Crippen LogP contribution in [0.15, 0.2) is 65.0 Å². The number of rotatable bonds is 9. The van der Waals surface area contributed by atoms with Crippen LogP contribution in [0, 0.1) is 0 Å². The van der Waals surface area contributed by atoms with Gasteiger partial charge in [-0.05, 0) is 48.9 Å². The molecule has 2 N–H and O–H groups in total. The molecule has 3 aromatic rings. The normalized spacial score (nSPS) is 14.9. The highest BCUT2D eigenvalue weighted by Crippen LogP contribution is 2.39. The van der Waals surface area contributed by atoms with Gasteiger partial charge in [0, 0.05) is 11.4 Å². The van der Waals surface area contributed by atoms with Gasteiger partial charge in [-0.2, -0.15) is 4.98 Å². The van der Waals surface area contributed by atoms with Crippen LogP contribution in [-0.4, -0.2) is 40.1 Å². The number of nitrogens with zero attached hydrogens (tertiary/aromatic N) is 3. The Kier molecular flexibility index (Phi) is 7.42. The summed E-state index contributed by atoms with van der Waals surface area (Å²) in [5, 5.41) is 11.6. The zero-order valence-electron chi connectivity index (χ0n) is 19.8. The Balaban J connectivity index is 1.79. The Morgan fingerprint density at radius 2 is 1.97 bits per heavy atom. The van der Waals surface area contributed by atoms with Crippen molar-refractivity contribution >= 4 is 29.3 Å². The smallest absolute Gasteiger partial charge is 0.255 e. The molecule has 178 valence electrons. The predicted molar refractivity (Wildman–Crippen MR) is 135 cm³/mol. The Labute approximate surface area is 203 Å². The third-order valence-corrected chi connectivity index (χ3v) is 6.07. The highest BCUT2D eigenvalue weighted by Gasteiger charge is 2.35. The molecule has 1 aromatic heterocycles. The van der Waals surface area contributed by atoms with Crippen LogP contribution in [0.25, 0.3) is 0 Å². The third-order valence-electron chi connectivity index (χ3n) is 5.35. The van der Waals surface area contributed by atoms with Crippen molar-refractivity contribution in [3.8, 4) is 11.5 Å². The molecule has 1 atom stereocenters. The number of methoxy groups -OCH3 is 1. The molecule has 0 bridgehead atoms. The highest BCUT2D eigenvalue weighted by atomic mass is 32.2. The SMILES string of the molecule is CCCOc1ccc(C2C(C(=O)Nc3ccccc3)=C(C)Nc3nc(SCC)nn32)cc1OC. The van der Waals surface area contributed by atoms with E-state index < -0.39 is 6.04 Å². The maximum absolute atomic E-state index is 13.5. The lowest BCUT2D eigenvalue weighted by Gasteiger charge is -2.29.